The number of benzene rings is 1. The number of ketones is 1. The summed E-state index contributed by atoms with van der Waals surface area (Å²) in [6.07, 6.45) is 7.44. The molecule has 0 amide bonds. The Kier molecular flexibility index (Phi) is 5.76. The van der Waals surface area contributed by atoms with E-state index in [1.54, 1.807) is 0 Å². The van der Waals surface area contributed by atoms with Crippen LogP contribution in [-0.2, 0) is 13.0 Å². The summed E-state index contributed by atoms with van der Waals surface area (Å²) in [7, 11) is 0. The van der Waals surface area contributed by atoms with Crippen molar-refractivity contribution in [3.05, 3.63) is 63.5 Å². The highest BCUT2D eigenvalue weighted by Gasteiger charge is 2.11. The first-order valence-electron chi connectivity index (χ1n) is 8.74. The number of hydrogen-bond acceptors (Lipinski definition) is 4. The Morgan fingerprint density at radius 2 is 1.92 bits per heavy atom. The lowest BCUT2D eigenvalue weighted by Crippen LogP contribution is -2.24. The number of unbranched alkanes of at least 4 members (excludes halogenated alkanes) is 3. The van der Waals surface area contributed by atoms with Crippen molar-refractivity contribution in [3.63, 3.8) is 0 Å². The van der Waals surface area contributed by atoms with Crippen LogP contribution in [0.2, 0.25) is 0 Å². The van der Waals surface area contributed by atoms with Crippen molar-refractivity contribution in [2.75, 3.05) is 0 Å². The molecule has 0 radical (unpaired) electrons. The predicted octanol–water partition coefficient (Wildman–Crippen LogP) is 4.46. The molecule has 0 aliphatic rings. The van der Waals surface area contributed by atoms with Gasteiger partial charge >= 0.3 is 0 Å². The molecule has 0 N–H and O–H groups in total. The number of aromatic nitrogens is 2. The van der Waals surface area contributed by atoms with E-state index in [0.29, 0.717) is 15.8 Å². The molecular formula is C20H22N2O2S. The lowest BCUT2D eigenvalue weighted by Gasteiger charge is -2.06. The molecular weight excluding hydrogens is 332 g/mol. The Morgan fingerprint density at radius 1 is 1.12 bits per heavy atom. The van der Waals surface area contributed by atoms with Gasteiger partial charge in [0.15, 0.2) is 5.78 Å². The number of carbonyl (C=O) groups excluding carboxylic acids is 1. The lowest BCUT2D eigenvalue weighted by molar-refractivity contribution is 0.0970. The summed E-state index contributed by atoms with van der Waals surface area (Å²) in [5.41, 5.74) is 2.42. The molecule has 3 aromatic rings. The fourth-order valence-corrected chi connectivity index (χ4v) is 3.64. The van der Waals surface area contributed by atoms with Gasteiger partial charge in [-0.25, -0.2) is 4.98 Å². The molecule has 2 aromatic heterocycles. The van der Waals surface area contributed by atoms with Gasteiger partial charge in [0.25, 0.3) is 5.56 Å². The third-order valence-corrected chi connectivity index (χ3v) is 5.24. The van der Waals surface area contributed by atoms with Crippen LogP contribution >= 0.6 is 11.3 Å². The number of thiophene rings is 1. The third kappa shape index (κ3) is 4.23. The van der Waals surface area contributed by atoms with E-state index in [1.165, 1.54) is 53.5 Å². The van der Waals surface area contributed by atoms with Gasteiger partial charge < -0.3 is 0 Å². The van der Waals surface area contributed by atoms with Crippen LogP contribution in [0.4, 0.5) is 0 Å². The zero-order chi connectivity index (χ0) is 17.6. The van der Waals surface area contributed by atoms with E-state index in [-0.39, 0.29) is 17.9 Å². The second-order valence-electron chi connectivity index (χ2n) is 6.24. The zero-order valence-electron chi connectivity index (χ0n) is 14.4. The van der Waals surface area contributed by atoms with Crippen LogP contribution in [0.15, 0.2) is 46.8 Å². The molecule has 1 aromatic carbocycles. The van der Waals surface area contributed by atoms with Gasteiger partial charge in [-0.15, -0.1) is 11.3 Å². The van der Waals surface area contributed by atoms with Crippen molar-refractivity contribution in [1.82, 2.24) is 9.55 Å². The molecule has 0 fully saturated rings. The fourth-order valence-electron chi connectivity index (χ4n) is 2.85. The van der Waals surface area contributed by atoms with Crippen molar-refractivity contribution in [3.8, 4) is 0 Å². The number of nitrogens with zero attached hydrogens (tertiary/aromatic N) is 2. The van der Waals surface area contributed by atoms with Crippen molar-refractivity contribution < 1.29 is 4.79 Å². The third-order valence-electron chi connectivity index (χ3n) is 4.34. The van der Waals surface area contributed by atoms with Gasteiger partial charge in [0, 0.05) is 5.56 Å². The minimum Gasteiger partial charge on any atom is -0.292 e. The summed E-state index contributed by atoms with van der Waals surface area (Å²) in [4.78, 5) is 29.1. The normalized spacial score (nSPS) is 11.1. The maximum atomic E-state index is 12.5. The number of aryl methyl sites for hydroxylation is 1. The van der Waals surface area contributed by atoms with E-state index in [1.807, 2.05) is 35.7 Å². The first kappa shape index (κ1) is 17.5. The molecule has 0 aliphatic heterocycles. The Morgan fingerprint density at radius 3 is 2.68 bits per heavy atom. The van der Waals surface area contributed by atoms with Gasteiger partial charge in [0.1, 0.15) is 4.70 Å². The Hall–Kier alpha value is -2.27. The van der Waals surface area contributed by atoms with Gasteiger partial charge in [-0.1, -0.05) is 50.5 Å². The summed E-state index contributed by atoms with van der Waals surface area (Å²) in [6, 6.07) is 9.57. The Labute approximate surface area is 151 Å². The van der Waals surface area contributed by atoms with Crippen LogP contribution in [0.1, 0.15) is 48.5 Å². The summed E-state index contributed by atoms with van der Waals surface area (Å²) in [5, 5.41) is 1.84. The average Bonchev–Trinajstić information content (AvgIpc) is 3.11. The monoisotopic (exact) mass is 354 g/mol. The molecule has 0 spiro atoms. The van der Waals surface area contributed by atoms with Gasteiger partial charge in [-0.05, 0) is 29.9 Å². The van der Waals surface area contributed by atoms with Crippen LogP contribution in [0.25, 0.3) is 10.2 Å². The second kappa shape index (κ2) is 8.21. The lowest BCUT2D eigenvalue weighted by atomic mass is 10.0. The van der Waals surface area contributed by atoms with Crippen LogP contribution in [0.3, 0.4) is 0 Å². The smallest absolute Gasteiger partial charge is 0.271 e. The molecule has 0 saturated carbocycles. The molecule has 5 heteroatoms. The van der Waals surface area contributed by atoms with E-state index in [2.05, 4.69) is 11.9 Å². The highest BCUT2D eigenvalue weighted by atomic mass is 32.1. The number of carbonyl (C=O) groups is 1. The molecule has 2 heterocycles. The number of fused-ring (bicyclic) bond motifs is 1. The van der Waals surface area contributed by atoms with E-state index in [9.17, 15) is 9.59 Å². The Balaban J connectivity index is 1.66. The number of rotatable bonds is 8. The van der Waals surface area contributed by atoms with Gasteiger partial charge in [0.2, 0.25) is 0 Å². The van der Waals surface area contributed by atoms with Crippen molar-refractivity contribution in [2.24, 2.45) is 0 Å². The molecule has 130 valence electrons. The molecule has 4 nitrogen and oxygen atoms in total. The summed E-state index contributed by atoms with van der Waals surface area (Å²) in [5.74, 6) is -0.0719. The topological polar surface area (TPSA) is 52.0 Å². The highest BCUT2D eigenvalue weighted by Crippen LogP contribution is 2.14. The van der Waals surface area contributed by atoms with Crippen LogP contribution < -0.4 is 5.56 Å². The highest BCUT2D eigenvalue weighted by molar-refractivity contribution is 7.17. The maximum absolute atomic E-state index is 12.5. The molecule has 0 bridgehead atoms. The quantitative estimate of drug-likeness (QED) is 0.443. The summed E-state index contributed by atoms with van der Waals surface area (Å²) < 4.78 is 1.98. The zero-order valence-corrected chi connectivity index (χ0v) is 15.2. The largest absolute Gasteiger partial charge is 0.292 e. The van der Waals surface area contributed by atoms with E-state index < -0.39 is 0 Å². The first-order valence-corrected chi connectivity index (χ1v) is 9.62. The van der Waals surface area contributed by atoms with Crippen LogP contribution in [-0.4, -0.2) is 15.3 Å². The van der Waals surface area contributed by atoms with Gasteiger partial charge in [0.05, 0.1) is 18.4 Å². The molecule has 0 aliphatic carbocycles. The van der Waals surface area contributed by atoms with Gasteiger partial charge in [-0.3, -0.25) is 14.2 Å². The minimum atomic E-state index is -0.152. The Bertz CT molecular complexity index is 909. The summed E-state index contributed by atoms with van der Waals surface area (Å²) >= 11 is 1.36. The molecule has 25 heavy (non-hydrogen) atoms. The molecule has 3 rings (SSSR count). The van der Waals surface area contributed by atoms with Crippen molar-refractivity contribution in [1.29, 1.82) is 0 Å². The second-order valence-corrected chi connectivity index (χ2v) is 7.16. The predicted molar refractivity (Wildman–Crippen MR) is 102 cm³/mol. The first-order chi connectivity index (χ1) is 12.2. The van der Waals surface area contributed by atoms with E-state index in [0.717, 1.165) is 6.42 Å². The number of hydrogen-bond donors (Lipinski definition) is 0. The van der Waals surface area contributed by atoms with Crippen molar-refractivity contribution in [2.45, 2.75) is 45.6 Å². The van der Waals surface area contributed by atoms with Gasteiger partial charge in [-0.2, -0.15) is 0 Å². The van der Waals surface area contributed by atoms with Crippen LogP contribution in [0, 0.1) is 0 Å². The van der Waals surface area contributed by atoms with E-state index >= 15 is 0 Å². The standard InChI is InChI=1S/C20H22N2O2S/c1-2-3-4-5-6-15-7-9-16(10-8-15)18(23)13-22-14-21-17-11-12-25-19(17)20(22)24/h7-12,14H,2-6,13H2,1H3. The summed E-state index contributed by atoms with van der Waals surface area (Å²) in [6.45, 7) is 2.23. The average molecular weight is 354 g/mol. The minimum absolute atomic E-state index is 0.0233. The molecule has 0 atom stereocenters. The number of Topliss-reactive ketones (excluding diaryl/α,β-unsaturated/α-hetero) is 1. The maximum Gasteiger partial charge on any atom is 0.271 e. The fraction of sp³-hybridized carbons (Fsp3) is 0.350. The SMILES string of the molecule is CCCCCCc1ccc(C(=O)Cn2cnc3ccsc3c2=O)cc1. The molecule has 0 unspecified atom stereocenters. The van der Waals surface area contributed by atoms with Crippen molar-refractivity contribution >= 4 is 27.3 Å². The van der Waals surface area contributed by atoms with Crippen LogP contribution in [0.5, 0.6) is 0 Å². The molecule has 0 saturated heterocycles. The van der Waals surface area contributed by atoms with E-state index in [4.69, 9.17) is 0 Å².